The molecule has 2 aromatic carbocycles. The van der Waals surface area contributed by atoms with Gasteiger partial charge in [-0.3, -0.25) is 4.79 Å². The van der Waals surface area contributed by atoms with Crippen molar-refractivity contribution in [2.75, 3.05) is 17.4 Å². The highest BCUT2D eigenvalue weighted by Gasteiger charge is 2.15. The van der Waals surface area contributed by atoms with Crippen LogP contribution in [0.1, 0.15) is 10.5 Å². The first kappa shape index (κ1) is 17.0. The van der Waals surface area contributed by atoms with Gasteiger partial charge >= 0.3 is 0 Å². The summed E-state index contributed by atoms with van der Waals surface area (Å²) in [6.07, 6.45) is 2.72. The van der Waals surface area contributed by atoms with E-state index in [-0.39, 0.29) is 17.5 Å². The average molecular weight is 387 g/mol. The zero-order valence-electron chi connectivity index (χ0n) is 13.7. The molecule has 27 heavy (non-hydrogen) atoms. The van der Waals surface area contributed by atoms with E-state index in [1.165, 1.54) is 30.6 Å². The zero-order valence-corrected chi connectivity index (χ0v) is 14.5. The van der Waals surface area contributed by atoms with Crippen LogP contribution in [0.3, 0.4) is 0 Å². The summed E-state index contributed by atoms with van der Waals surface area (Å²) in [6.45, 7) is 0.159. The third-order valence-corrected chi connectivity index (χ3v) is 4.00. The van der Waals surface area contributed by atoms with Crippen molar-refractivity contribution in [2.45, 2.75) is 0 Å². The van der Waals surface area contributed by atoms with Gasteiger partial charge in [-0.05, 0) is 30.3 Å². The average Bonchev–Trinajstić information content (AvgIpc) is 3.13. The van der Waals surface area contributed by atoms with Crippen molar-refractivity contribution >= 4 is 34.7 Å². The predicted molar refractivity (Wildman–Crippen MR) is 97.2 cm³/mol. The third kappa shape index (κ3) is 3.75. The van der Waals surface area contributed by atoms with Crippen molar-refractivity contribution in [1.82, 2.24) is 9.97 Å². The molecule has 0 aliphatic carbocycles. The smallest absolute Gasteiger partial charge is 0.275 e. The summed E-state index contributed by atoms with van der Waals surface area (Å²) in [5.41, 5.74) is 1.23. The van der Waals surface area contributed by atoms with Crippen LogP contribution < -0.4 is 20.1 Å². The van der Waals surface area contributed by atoms with Crippen molar-refractivity contribution in [1.29, 1.82) is 0 Å². The van der Waals surface area contributed by atoms with Crippen molar-refractivity contribution in [3.63, 3.8) is 0 Å². The van der Waals surface area contributed by atoms with Crippen LogP contribution in [0.25, 0.3) is 0 Å². The number of amides is 1. The van der Waals surface area contributed by atoms with Crippen molar-refractivity contribution < 1.29 is 18.7 Å². The van der Waals surface area contributed by atoms with Gasteiger partial charge in [0.15, 0.2) is 11.5 Å². The van der Waals surface area contributed by atoms with Gasteiger partial charge in [0.1, 0.15) is 17.3 Å². The molecule has 0 saturated carbocycles. The maximum Gasteiger partial charge on any atom is 0.275 e. The van der Waals surface area contributed by atoms with Crippen LogP contribution in [0.4, 0.5) is 21.6 Å². The van der Waals surface area contributed by atoms with E-state index in [9.17, 15) is 9.18 Å². The normalized spacial score (nSPS) is 11.9. The maximum absolute atomic E-state index is 13.2. The molecule has 4 rings (SSSR count). The number of benzene rings is 2. The highest BCUT2D eigenvalue weighted by Crippen LogP contribution is 2.34. The summed E-state index contributed by atoms with van der Waals surface area (Å²) in [7, 11) is 0. The second-order valence-electron chi connectivity index (χ2n) is 5.56. The molecule has 1 aromatic heterocycles. The highest BCUT2D eigenvalue weighted by atomic mass is 35.5. The molecule has 1 aliphatic heterocycles. The summed E-state index contributed by atoms with van der Waals surface area (Å²) >= 11 is 5.74. The van der Waals surface area contributed by atoms with Gasteiger partial charge in [-0.25, -0.2) is 14.4 Å². The molecule has 0 unspecified atom stereocenters. The topological polar surface area (TPSA) is 85.4 Å². The number of rotatable bonds is 4. The summed E-state index contributed by atoms with van der Waals surface area (Å²) in [6, 6.07) is 9.27. The molecule has 0 fully saturated rings. The molecule has 0 saturated heterocycles. The van der Waals surface area contributed by atoms with Gasteiger partial charge in [0.25, 0.3) is 5.91 Å². The Balaban J connectivity index is 1.43. The quantitative estimate of drug-likeness (QED) is 0.705. The minimum Gasteiger partial charge on any atom is -0.454 e. The summed E-state index contributed by atoms with van der Waals surface area (Å²) in [5, 5.41) is 5.64. The monoisotopic (exact) mass is 386 g/mol. The van der Waals surface area contributed by atoms with E-state index in [4.69, 9.17) is 21.1 Å². The fourth-order valence-corrected chi connectivity index (χ4v) is 2.58. The lowest BCUT2D eigenvalue weighted by atomic mass is 10.2. The zero-order chi connectivity index (χ0) is 18.8. The van der Waals surface area contributed by atoms with E-state index >= 15 is 0 Å². The lowest BCUT2D eigenvalue weighted by molar-refractivity contribution is 0.102. The van der Waals surface area contributed by atoms with Crippen LogP contribution in [0, 0.1) is 5.82 Å². The van der Waals surface area contributed by atoms with E-state index in [2.05, 4.69) is 20.6 Å². The molecular formula is C18H12ClFN4O3. The second kappa shape index (κ2) is 7.08. The van der Waals surface area contributed by atoms with E-state index in [1.807, 2.05) is 0 Å². The number of nitrogens with one attached hydrogen (secondary N) is 2. The van der Waals surface area contributed by atoms with Gasteiger partial charge in [0, 0.05) is 17.4 Å². The molecular weight excluding hydrogens is 375 g/mol. The molecule has 0 atom stereocenters. The van der Waals surface area contributed by atoms with Crippen LogP contribution in [0.2, 0.25) is 5.02 Å². The first-order valence-corrected chi connectivity index (χ1v) is 8.21. The Hall–Kier alpha value is -3.39. The molecule has 1 aliphatic rings. The molecule has 136 valence electrons. The number of halogens is 2. The number of ether oxygens (including phenoxy) is 2. The van der Waals surface area contributed by atoms with Crippen molar-refractivity contribution in [3.8, 4) is 11.5 Å². The maximum atomic E-state index is 13.2. The van der Waals surface area contributed by atoms with Gasteiger partial charge in [0.05, 0.1) is 17.4 Å². The van der Waals surface area contributed by atoms with Crippen molar-refractivity contribution in [2.24, 2.45) is 0 Å². The van der Waals surface area contributed by atoms with Crippen molar-refractivity contribution in [3.05, 3.63) is 65.3 Å². The summed E-state index contributed by atoms with van der Waals surface area (Å²) in [4.78, 5) is 20.5. The highest BCUT2D eigenvalue weighted by molar-refractivity contribution is 6.31. The van der Waals surface area contributed by atoms with E-state index in [0.29, 0.717) is 28.7 Å². The fraction of sp³-hybridized carbons (Fsp3) is 0.0556. The van der Waals surface area contributed by atoms with E-state index < -0.39 is 11.7 Å². The number of carbonyl (C=O) groups is 1. The Morgan fingerprint density at radius 2 is 1.85 bits per heavy atom. The number of aromatic nitrogens is 2. The number of anilines is 3. The molecule has 3 aromatic rings. The Bertz CT molecular complexity index is 1010. The van der Waals surface area contributed by atoms with Crippen LogP contribution in [0.5, 0.6) is 11.5 Å². The standard InChI is InChI=1S/C18H12ClFN4O3/c19-12-5-10(1-3-13(12)20)23-17-8-21-14(7-22-17)18(25)24-11-2-4-15-16(6-11)27-9-26-15/h1-8H,9H2,(H,22,23)(H,24,25). The molecule has 0 radical (unpaired) electrons. The Morgan fingerprint density at radius 1 is 1.04 bits per heavy atom. The summed E-state index contributed by atoms with van der Waals surface area (Å²) in [5.74, 6) is 0.652. The van der Waals surface area contributed by atoms with Crippen LogP contribution in [0.15, 0.2) is 48.8 Å². The van der Waals surface area contributed by atoms with Gasteiger partial charge in [-0.15, -0.1) is 0 Å². The SMILES string of the molecule is O=C(Nc1ccc2c(c1)OCO2)c1cnc(Nc2ccc(F)c(Cl)c2)cn1. The molecule has 2 N–H and O–H groups in total. The molecule has 9 heteroatoms. The Kier molecular flexibility index (Phi) is 4.47. The summed E-state index contributed by atoms with van der Waals surface area (Å²) < 4.78 is 23.7. The van der Waals surface area contributed by atoms with Crippen LogP contribution in [-0.2, 0) is 0 Å². The molecule has 0 bridgehead atoms. The van der Waals surface area contributed by atoms with Gasteiger partial charge in [-0.2, -0.15) is 0 Å². The molecule has 0 spiro atoms. The van der Waals surface area contributed by atoms with Gasteiger partial charge in [-0.1, -0.05) is 11.6 Å². The largest absolute Gasteiger partial charge is 0.454 e. The first-order valence-electron chi connectivity index (χ1n) is 7.83. The van der Waals surface area contributed by atoms with Gasteiger partial charge < -0.3 is 20.1 Å². The lowest BCUT2D eigenvalue weighted by Crippen LogP contribution is -2.14. The molecule has 7 nitrogen and oxygen atoms in total. The van der Waals surface area contributed by atoms with Crippen LogP contribution in [-0.4, -0.2) is 22.7 Å². The van der Waals surface area contributed by atoms with E-state index in [1.54, 1.807) is 18.2 Å². The second-order valence-corrected chi connectivity index (χ2v) is 5.97. The number of fused-ring (bicyclic) bond motifs is 1. The Labute approximate surface area is 158 Å². The third-order valence-electron chi connectivity index (χ3n) is 3.71. The minimum atomic E-state index is -0.510. The molecule has 2 heterocycles. The molecule has 1 amide bonds. The van der Waals surface area contributed by atoms with Gasteiger partial charge in [0.2, 0.25) is 6.79 Å². The first-order chi connectivity index (χ1) is 13.1. The van der Waals surface area contributed by atoms with E-state index in [0.717, 1.165) is 0 Å². The number of hydrogen-bond donors (Lipinski definition) is 2. The minimum absolute atomic E-state index is 0.00677. The Morgan fingerprint density at radius 3 is 2.63 bits per heavy atom. The lowest BCUT2D eigenvalue weighted by Gasteiger charge is -2.08. The van der Waals surface area contributed by atoms with Crippen LogP contribution >= 0.6 is 11.6 Å². The number of hydrogen-bond acceptors (Lipinski definition) is 6. The fourth-order valence-electron chi connectivity index (χ4n) is 2.40. The number of nitrogens with zero attached hydrogens (tertiary/aromatic N) is 2. The number of carbonyl (C=O) groups excluding carboxylic acids is 1. The predicted octanol–water partition coefficient (Wildman–Crippen LogP) is 3.99.